The van der Waals surface area contributed by atoms with E-state index in [-0.39, 0.29) is 0 Å². The van der Waals surface area contributed by atoms with Crippen molar-refractivity contribution in [1.29, 1.82) is 0 Å². The molecule has 1 aliphatic rings. The van der Waals surface area contributed by atoms with Crippen molar-refractivity contribution in [2.45, 2.75) is 39.3 Å². The van der Waals surface area contributed by atoms with Gasteiger partial charge in [0.15, 0.2) is 5.65 Å². The molecule has 180 valence electrons. The van der Waals surface area contributed by atoms with E-state index in [9.17, 15) is 0 Å². The lowest BCUT2D eigenvalue weighted by Crippen LogP contribution is -2.33. The molecule has 0 atom stereocenters. The van der Waals surface area contributed by atoms with Crippen LogP contribution >= 0.6 is 27.7 Å². The predicted octanol–water partition coefficient (Wildman–Crippen LogP) is 4.91. The van der Waals surface area contributed by atoms with Gasteiger partial charge in [-0.3, -0.25) is 0 Å². The van der Waals surface area contributed by atoms with Gasteiger partial charge in [-0.15, -0.1) is 0 Å². The summed E-state index contributed by atoms with van der Waals surface area (Å²) in [5.41, 5.74) is 2.28. The quantitative estimate of drug-likeness (QED) is 0.305. The molecule has 1 fully saturated rings. The van der Waals surface area contributed by atoms with E-state index in [2.05, 4.69) is 43.0 Å². The molecule has 1 saturated heterocycles. The van der Waals surface area contributed by atoms with Crippen LogP contribution in [0.3, 0.4) is 0 Å². The van der Waals surface area contributed by atoms with Crippen LogP contribution in [-0.4, -0.2) is 74.9 Å². The van der Waals surface area contributed by atoms with E-state index in [0.717, 1.165) is 46.5 Å². The fraction of sp³-hybridized carbons (Fsp3) is 0.565. The molecule has 0 saturated carbocycles. The normalized spacial score (nSPS) is 14.2. The Kier molecular flexibility index (Phi) is 10.8. The monoisotopic (exact) mass is 535 g/mol. The van der Waals surface area contributed by atoms with Crippen molar-refractivity contribution in [3.63, 3.8) is 0 Å². The Bertz CT molecular complexity index is 994. The van der Waals surface area contributed by atoms with Gasteiger partial charge in [0.1, 0.15) is 17.0 Å². The summed E-state index contributed by atoms with van der Waals surface area (Å²) >= 11 is 5.19. The van der Waals surface area contributed by atoms with Gasteiger partial charge in [0.2, 0.25) is 5.95 Å². The molecule has 3 aromatic rings. The predicted molar refractivity (Wildman–Crippen MR) is 141 cm³/mol. The smallest absolute Gasteiger partial charge is 0.224 e. The van der Waals surface area contributed by atoms with Crippen molar-refractivity contribution >= 4 is 44.7 Å². The summed E-state index contributed by atoms with van der Waals surface area (Å²) in [6.07, 6.45) is 10.8. The number of hydrogen-bond acceptors (Lipinski definition) is 8. The van der Waals surface area contributed by atoms with E-state index in [4.69, 9.17) is 14.8 Å². The minimum Gasteiger partial charge on any atom is -0.359 e. The molecule has 4 heterocycles. The van der Waals surface area contributed by atoms with E-state index in [1.165, 1.54) is 32.4 Å². The maximum Gasteiger partial charge on any atom is 0.224 e. The number of hydrogen-bond donors (Lipinski definition) is 1. The third kappa shape index (κ3) is 7.63. The fourth-order valence-corrected chi connectivity index (χ4v) is 4.01. The van der Waals surface area contributed by atoms with Crippen molar-refractivity contribution in [3.8, 4) is 11.4 Å². The van der Waals surface area contributed by atoms with Crippen molar-refractivity contribution in [2.24, 2.45) is 0 Å². The number of thioether (sulfide) groups is 1. The molecule has 0 aliphatic carbocycles. The lowest BCUT2D eigenvalue weighted by atomic mass is 10.1. The first-order valence-corrected chi connectivity index (χ1v) is 13.9. The zero-order valence-electron chi connectivity index (χ0n) is 19.8. The second-order valence-corrected chi connectivity index (χ2v) is 9.53. The van der Waals surface area contributed by atoms with E-state index in [1.54, 1.807) is 16.4 Å². The van der Waals surface area contributed by atoms with Gasteiger partial charge in [0.25, 0.3) is 0 Å². The molecule has 4 rings (SSSR count). The molecule has 3 aromatic heterocycles. The maximum atomic E-state index is 5.73. The van der Waals surface area contributed by atoms with Gasteiger partial charge in [-0.1, -0.05) is 19.4 Å². The molecule has 0 bridgehead atoms. The Morgan fingerprint density at radius 3 is 2.67 bits per heavy atom. The third-order valence-corrected chi connectivity index (χ3v) is 5.61. The summed E-state index contributed by atoms with van der Waals surface area (Å²) in [5.74, 6) is 0.616. The number of ether oxygens (including phenoxy) is 1. The lowest BCUT2D eigenvalue weighted by molar-refractivity contribution is 0.0721. The number of likely N-dealkylation sites (tertiary alicyclic amines) is 1. The molecule has 33 heavy (non-hydrogen) atoms. The first-order chi connectivity index (χ1) is 16.2. The summed E-state index contributed by atoms with van der Waals surface area (Å²) in [6, 6.07) is 5.78. The van der Waals surface area contributed by atoms with Crippen LogP contribution < -0.4 is 5.32 Å². The third-order valence-electron chi connectivity index (χ3n) is 5.17. The second kappa shape index (κ2) is 13.8. The standard InChI is InChI=1S/C21H28BrN7O.C2H6S/c1-2-13-30-15-29-20-16(19(27-29)17-7-6-8-18(22)25-17)14-24-21(26-20)23-9-12-28-10-4-3-5-11-28;1-3-2/h6-8,14H,2-5,9-13,15H2,1H3,(H,23,24,26);1-2H3. The van der Waals surface area contributed by atoms with Crippen molar-refractivity contribution in [2.75, 3.05) is 50.6 Å². The molecule has 1 N–H and O–H groups in total. The first kappa shape index (κ1) is 25.9. The summed E-state index contributed by atoms with van der Waals surface area (Å²) < 4.78 is 8.29. The largest absolute Gasteiger partial charge is 0.359 e. The van der Waals surface area contributed by atoms with Crippen LogP contribution in [0.25, 0.3) is 22.4 Å². The highest BCUT2D eigenvalue weighted by Crippen LogP contribution is 2.27. The van der Waals surface area contributed by atoms with Crippen LogP contribution in [0.1, 0.15) is 32.6 Å². The molecule has 0 amide bonds. The molecule has 10 heteroatoms. The molecule has 0 unspecified atom stereocenters. The van der Waals surface area contributed by atoms with E-state index < -0.39 is 0 Å². The molecule has 0 radical (unpaired) electrons. The topological polar surface area (TPSA) is 81.0 Å². The van der Waals surface area contributed by atoms with Gasteiger partial charge in [0.05, 0.1) is 11.1 Å². The molecular weight excluding hydrogens is 502 g/mol. The summed E-state index contributed by atoms with van der Waals surface area (Å²) in [6.45, 7) is 7.32. The van der Waals surface area contributed by atoms with Gasteiger partial charge in [-0.25, -0.2) is 14.6 Å². The van der Waals surface area contributed by atoms with Gasteiger partial charge < -0.3 is 15.0 Å². The van der Waals surface area contributed by atoms with Crippen LogP contribution in [0.4, 0.5) is 5.95 Å². The zero-order chi connectivity index (χ0) is 23.5. The number of rotatable bonds is 9. The summed E-state index contributed by atoms with van der Waals surface area (Å²) in [5, 5.41) is 8.97. The van der Waals surface area contributed by atoms with E-state index >= 15 is 0 Å². The summed E-state index contributed by atoms with van der Waals surface area (Å²) in [4.78, 5) is 16.3. The second-order valence-electron chi connectivity index (χ2n) is 7.90. The van der Waals surface area contributed by atoms with Gasteiger partial charge in [0, 0.05) is 25.9 Å². The highest BCUT2D eigenvalue weighted by Gasteiger charge is 2.17. The molecule has 1 aliphatic heterocycles. The lowest BCUT2D eigenvalue weighted by Gasteiger charge is -2.26. The Hall–Kier alpha value is -1.75. The fourth-order valence-electron chi connectivity index (χ4n) is 3.67. The average Bonchev–Trinajstić information content (AvgIpc) is 3.18. The Balaban J connectivity index is 0.000000968. The number of fused-ring (bicyclic) bond motifs is 1. The number of pyridine rings is 1. The van der Waals surface area contributed by atoms with Crippen LogP contribution in [0.2, 0.25) is 0 Å². The van der Waals surface area contributed by atoms with Crippen LogP contribution in [0, 0.1) is 0 Å². The number of piperidine rings is 1. The van der Waals surface area contributed by atoms with Gasteiger partial charge in [-0.05, 0) is 72.9 Å². The first-order valence-electron chi connectivity index (χ1n) is 11.5. The van der Waals surface area contributed by atoms with Crippen LogP contribution in [0.5, 0.6) is 0 Å². The summed E-state index contributed by atoms with van der Waals surface area (Å²) in [7, 11) is 0. The Morgan fingerprint density at radius 1 is 1.15 bits per heavy atom. The highest BCUT2D eigenvalue weighted by molar-refractivity contribution is 9.10. The Labute approximate surface area is 209 Å². The van der Waals surface area contributed by atoms with Gasteiger partial charge >= 0.3 is 0 Å². The van der Waals surface area contributed by atoms with E-state index in [0.29, 0.717) is 19.3 Å². The minimum absolute atomic E-state index is 0.350. The Morgan fingerprint density at radius 2 is 1.94 bits per heavy atom. The zero-order valence-corrected chi connectivity index (χ0v) is 22.2. The minimum atomic E-state index is 0.350. The average molecular weight is 537 g/mol. The van der Waals surface area contributed by atoms with Crippen LogP contribution in [0.15, 0.2) is 29.0 Å². The van der Waals surface area contributed by atoms with Crippen molar-refractivity contribution in [1.82, 2.24) is 29.6 Å². The molecule has 8 nitrogen and oxygen atoms in total. The number of anilines is 1. The number of halogens is 1. The van der Waals surface area contributed by atoms with Gasteiger partial charge in [-0.2, -0.15) is 21.8 Å². The molecule has 0 aromatic carbocycles. The SMILES string of the molecule is CCCOCn1nc(-c2cccc(Br)n2)c2cnc(NCCN3CCCCC3)nc21.CSC. The van der Waals surface area contributed by atoms with Crippen molar-refractivity contribution < 1.29 is 4.74 Å². The number of nitrogens with one attached hydrogen (secondary N) is 1. The maximum absolute atomic E-state index is 5.73. The van der Waals surface area contributed by atoms with E-state index in [1.807, 2.05) is 36.9 Å². The highest BCUT2D eigenvalue weighted by atomic mass is 79.9. The van der Waals surface area contributed by atoms with Crippen LogP contribution in [-0.2, 0) is 11.5 Å². The number of aromatic nitrogens is 5. The number of nitrogens with zero attached hydrogens (tertiary/aromatic N) is 6. The van der Waals surface area contributed by atoms with Crippen molar-refractivity contribution in [3.05, 3.63) is 29.0 Å². The molecular formula is C23H34BrN7OS. The molecule has 0 spiro atoms.